The lowest BCUT2D eigenvalue weighted by Gasteiger charge is -2.24. The average Bonchev–Trinajstić information content (AvgIpc) is 3.35. The molecule has 0 radical (unpaired) electrons. The first kappa shape index (κ1) is 21.9. The lowest BCUT2D eigenvalue weighted by Crippen LogP contribution is -2.36. The molecule has 172 valence electrons. The van der Waals surface area contributed by atoms with Crippen LogP contribution in [0.15, 0.2) is 85.7 Å². The van der Waals surface area contributed by atoms with E-state index in [2.05, 4.69) is 49.2 Å². The SMILES string of the molecule is O=C(c1ccc(-n2cccn2)nc1)N1CCN(Cc2ccccc2)C[C@@H](Cc2cnccn2)C1. The van der Waals surface area contributed by atoms with Crippen molar-refractivity contribution in [2.75, 3.05) is 26.2 Å². The van der Waals surface area contributed by atoms with E-state index < -0.39 is 0 Å². The number of rotatable bonds is 6. The Morgan fingerprint density at radius 3 is 2.56 bits per heavy atom. The van der Waals surface area contributed by atoms with Gasteiger partial charge < -0.3 is 4.90 Å². The molecule has 1 atom stereocenters. The molecule has 0 N–H and O–H groups in total. The van der Waals surface area contributed by atoms with Crippen LogP contribution in [0.2, 0.25) is 0 Å². The van der Waals surface area contributed by atoms with Crippen LogP contribution in [0, 0.1) is 5.92 Å². The summed E-state index contributed by atoms with van der Waals surface area (Å²) in [5.74, 6) is 0.945. The molecule has 4 heterocycles. The molecular weight excluding hydrogens is 426 g/mol. The Balaban J connectivity index is 1.33. The second-order valence-corrected chi connectivity index (χ2v) is 8.59. The molecule has 0 saturated carbocycles. The van der Waals surface area contributed by atoms with Gasteiger partial charge in [-0.25, -0.2) is 9.67 Å². The van der Waals surface area contributed by atoms with E-state index >= 15 is 0 Å². The summed E-state index contributed by atoms with van der Waals surface area (Å²) in [5.41, 5.74) is 2.82. The molecule has 1 aromatic carbocycles. The minimum atomic E-state index is 0.00484. The van der Waals surface area contributed by atoms with Gasteiger partial charge in [-0.1, -0.05) is 30.3 Å². The zero-order chi connectivity index (χ0) is 23.2. The number of amides is 1. The first-order valence-electron chi connectivity index (χ1n) is 11.5. The molecule has 0 unspecified atom stereocenters. The molecule has 5 rings (SSSR count). The fourth-order valence-electron chi connectivity index (χ4n) is 4.44. The summed E-state index contributed by atoms with van der Waals surface area (Å²) in [6.45, 7) is 3.91. The third kappa shape index (κ3) is 5.35. The van der Waals surface area contributed by atoms with Gasteiger partial charge in [-0.3, -0.25) is 19.7 Å². The van der Waals surface area contributed by atoms with E-state index in [0.717, 1.165) is 31.7 Å². The first-order valence-corrected chi connectivity index (χ1v) is 11.5. The van der Waals surface area contributed by atoms with Crippen LogP contribution >= 0.6 is 0 Å². The van der Waals surface area contributed by atoms with E-state index in [4.69, 9.17) is 0 Å². The Hall–Kier alpha value is -3.91. The Morgan fingerprint density at radius 2 is 1.82 bits per heavy atom. The number of carbonyl (C=O) groups excluding carboxylic acids is 1. The van der Waals surface area contributed by atoms with Crippen molar-refractivity contribution in [2.45, 2.75) is 13.0 Å². The number of pyridine rings is 1. The van der Waals surface area contributed by atoms with Crippen LogP contribution in [0.5, 0.6) is 0 Å². The van der Waals surface area contributed by atoms with Crippen LogP contribution in [-0.2, 0) is 13.0 Å². The van der Waals surface area contributed by atoms with Crippen molar-refractivity contribution < 1.29 is 4.79 Å². The van der Waals surface area contributed by atoms with E-state index in [0.29, 0.717) is 24.5 Å². The summed E-state index contributed by atoms with van der Waals surface area (Å²) in [7, 11) is 0. The third-order valence-electron chi connectivity index (χ3n) is 6.07. The van der Waals surface area contributed by atoms with E-state index in [-0.39, 0.29) is 11.8 Å². The Labute approximate surface area is 198 Å². The molecule has 1 amide bonds. The van der Waals surface area contributed by atoms with Crippen LogP contribution in [-0.4, -0.2) is 66.6 Å². The lowest BCUT2D eigenvalue weighted by molar-refractivity contribution is 0.0745. The lowest BCUT2D eigenvalue weighted by atomic mass is 10.0. The Bertz CT molecular complexity index is 1180. The van der Waals surface area contributed by atoms with Gasteiger partial charge in [0.05, 0.1) is 11.3 Å². The molecule has 8 heteroatoms. The molecule has 1 saturated heterocycles. The molecule has 34 heavy (non-hydrogen) atoms. The van der Waals surface area contributed by atoms with Gasteiger partial charge in [-0.05, 0) is 36.1 Å². The summed E-state index contributed by atoms with van der Waals surface area (Å²) in [5, 5.41) is 4.20. The van der Waals surface area contributed by atoms with Crippen molar-refractivity contribution in [1.82, 2.24) is 34.5 Å². The highest BCUT2D eigenvalue weighted by molar-refractivity contribution is 5.94. The van der Waals surface area contributed by atoms with Gasteiger partial charge >= 0.3 is 0 Å². The number of hydrogen-bond donors (Lipinski definition) is 0. The van der Waals surface area contributed by atoms with Crippen LogP contribution < -0.4 is 0 Å². The smallest absolute Gasteiger partial charge is 0.255 e. The quantitative estimate of drug-likeness (QED) is 0.447. The minimum absolute atomic E-state index is 0.00484. The molecule has 8 nitrogen and oxygen atoms in total. The Morgan fingerprint density at radius 1 is 0.912 bits per heavy atom. The number of carbonyl (C=O) groups is 1. The molecule has 1 fully saturated rings. The monoisotopic (exact) mass is 453 g/mol. The van der Waals surface area contributed by atoms with Crippen LogP contribution in [0.4, 0.5) is 0 Å². The molecule has 1 aliphatic heterocycles. The third-order valence-corrected chi connectivity index (χ3v) is 6.07. The van der Waals surface area contributed by atoms with Crippen molar-refractivity contribution in [1.29, 1.82) is 0 Å². The standard InChI is InChI=1S/C26H27N7O/c34-26(23-7-8-25(29-16-23)33-12-4-9-30-33)32-14-13-31(18-21-5-2-1-3-6-21)19-22(20-32)15-24-17-27-10-11-28-24/h1-12,16-17,22H,13-15,18-20H2/t22-/m1/s1. The fraction of sp³-hybridized carbons (Fsp3) is 0.269. The van der Waals surface area contributed by atoms with E-state index in [1.54, 1.807) is 29.5 Å². The van der Waals surface area contributed by atoms with E-state index in [1.165, 1.54) is 5.56 Å². The first-order chi connectivity index (χ1) is 16.7. The summed E-state index contributed by atoms with van der Waals surface area (Å²) in [6.07, 6.45) is 11.2. The van der Waals surface area contributed by atoms with Crippen LogP contribution in [0.1, 0.15) is 21.6 Å². The topological polar surface area (TPSA) is 80.0 Å². The van der Waals surface area contributed by atoms with Crippen molar-refractivity contribution in [3.8, 4) is 5.82 Å². The maximum atomic E-state index is 13.4. The van der Waals surface area contributed by atoms with E-state index in [1.807, 2.05) is 41.6 Å². The second-order valence-electron chi connectivity index (χ2n) is 8.59. The largest absolute Gasteiger partial charge is 0.337 e. The molecule has 1 aliphatic rings. The van der Waals surface area contributed by atoms with Crippen LogP contribution in [0.3, 0.4) is 0 Å². The van der Waals surface area contributed by atoms with E-state index in [9.17, 15) is 4.79 Å². The number of benzene rings is 1. The Kier molecular flexibility index (Phi) is 6.67. The predicted molar refractivity (Wildman–Crippen MR) is 128 cm³/mol. The molecule has 0 spiro atoms. The highest BCUT2D eigenvalue weighted by atomic mass is 16.2. The summed E-state index contributed by atoms with van der Waals surface area (Å²) in [6, 6.07) is 16.0. The van der Waals surface area contributed by atoms with Gasteiger partial charge in [-0.2, -0.15) is 5.10 Å². The van der Waals surface area contributed by atoms with Gasteiger partial charge in [0.25, 0.3) is 5.91 Å². The number of hydrogen-bond acceptors (Lipinski definition) is 6. The van der Waals surface area contributed by atoms with Gasteiger partial charge in [0.2, 0.25) is 0 Å². The molecule has 4 aromatic rings. The maximum Gasteiger partial charge on any atom is 0.255 e. The predicted octanol–water partition coefficient (Wildman–Crippen LogP) is 2.87. The average molecular weight is 454 g/mol. The number of aromatic nitrogens is 5. The van der Waals surface area contributed by atoms with Crippen molar-refractivity contribution >= 4 is 5.91 Å². The zero-order valence-corrected chi connectivity index (χ0v) is 18.9. The summed E-state index contributed by atoms with van der Waals surface area (Å²) >= 11 is 0. The van der Waals surface area contributed by atoms with Crippen molar-refractivity contribution in [3.05, 3.63) is 103 Å². The molecule has 0 bridgehead atoms. The normalized spacial score (nSPS) is 16.8. The molecular formula is C26H27N7O. The fourth-order valence-corrected chi connectivity index (χ4v) is 4.44. The van der Waals surface area contributed by atoms with Gasteiger partial charge in [0.1, 0.15) is 0 Å². The van der Waals surface area contributed by atoms with Crippen molar-refractivity contribution in [2.24, 2.45) is 5.92 Å². The molecule has 0 aliphatic carbocycles. The van der Waals surface area contributed by atoms with Gasteiger partial charge in [0.15, 0.2) is 5.82 Å². The molecule has 3 aromatic heterocycles. The summed E-state index contributed by atoms with van der Waals surface area (Å²) in [4.78, 5) is 31.0. The van der Waals surface area contributed by atoms with Crippen molar-refractivity contribution in [3.63, 3.8) is 0 Å². The second kappa shape index (κ2) is 10.4. The summed E-state index contributed by atoms with van der Waals surface area (Å²) < 4.78 is 1.68. The highest BCUT2D eigenvalue weighted by Gasteiger charge is 2.27. The highest BCUT2D eigenvalue weighted by Crippen LogP contribution is 2.18. The van der Waals surface area contributed by atoms with Gasteiger partial charge in [0, 0.05) is 69.9 Å². The van der Waals surface area contributed by atoms with Gasteiger partial charge in [-0.15, -0.1) is 0 Å². The van der Waals surface area contributed by atoms with Crippen LogP contribution in [0.25, 0.3) is 5.82 Å². The maximum absolute atomic E-state index is 13.4. The minimum Gasteiger partial charge on any atom is -0.337 e. The number of nitrogens with zero attached hydrogens (tertiary/aromatic N) is 7. The zero-order valence-electron chi connectivity index (χ0n) is 18.9.